The Morgan fingerprint density at radius 2 is 1.73 bits per heavy atom. The molecule has 4 amide bonds. The second-order valence-electron chi connectivity index (χ2n) is 8.94. The Kier molecular flexibility index (Phi) is 6.60. The van der Waals surface area contributed by atoms with Crippen LogP contribution in [0.4, 0.5) is 10.5 Å². The van der Waals surface area contributed by atoms with Gasteiger partial charge in [-0.1, -0.05) is 49.4 Å². The van der Waals surface area contributed by atoms with Crippen molar-refractivity contribution in [1.82, 2.24) is 9.88 Å². The lowest BCUT2D eigenvalue weighted by molar-refractivity contribution is -0.122. The van der Waals surface area contributed by atoms with Crippen LogP contribution in [-0.2, 0) is 22.6 Å². The third kappa shape index (κ3) is 4.89. The molecule has 7 nitrogen and oxygen atoms in total. The summed E-state index contributed by atoms with van der Waals surface area (Å²) < 4.78 is 7.96. The maximum Gasteiger partial charge on any atom is 0.335 e. The second kappa shape index (κ2) is 10.1. The van der Waals surface area contributed by atoms with Gasteiger partial charge in [-0.2, -0.15) is 0 Å². The molecule has 0 saturated carbocycles. The van der Waals surface area contributed by atoms with Crippen molar-refractivity contribution in [2.75, 3.05) is 11.5 Å². The van der Waals surface area contributed by atoms with Crippen molar-refractivity contribution >= 4 is 40.5 Å². The zero-order chi connectivity index (χ0) is 25.9. The van der Waals surface area contributed by atoms with Crippen molar-refractivity contribution in [2.45, 2.75) is 26.8 Å². The molecule has 186 valence electrons. The number of amides is 4. The van der Waals surface area contributed by atoms with E-state index < -0.39 is 17.8 Å². The fraction of sp³-hybridized carbons (Fsp3) is 0.167. The molecule has 1 saturated heterocycles. The number of benzene rings is 3. The van der Waals surface area contributed by atoms with Gasteiger partial charge in [-0.3, -0.25) is 14.9 Å². The minimum Gasteiger partial charge on any atom is -0.492 e. The number of nitrogens with zero attached hydrogens (tertiary/aromatic N) is 2. The lowest BCUT2D eigenvalue weighted by atomic mass is 10.1. The number of barbiturate groups is 1. The van der Waals surface area contributed by atoms with Crippen LogP contribution in [0.1, 0.15) is 23.6 Å². The fourth-order valence-electron chi connectivity index (χ4n) is 4.47. The monoisotopic (exact) mass is 493 g/mol. The summed E-state index contributed by atoms with van der Waals surface area (Å²) in [5.41, 5.74) is 4.18. The normalized spacial score (nSPS) is 14.9. The minimum atomic E-state index is -0.757. The molecule has 37 heavy (non-hydrogen) atoms. The molecule has 0 aliphatic carbocycles. The number of aryl methyl sites for hydroxylation is 2. The molecule has 4 aromatic rings. The highest BCUT2D eigenvalue weighted by Crippen LogP contribution is 2.27. The van der Waals surface area contributed by atoms with Gasteiger partial charge in [0.15, 0.2) is 0 Å². The van der Waals surface area contributed by atoms with Crippen molar-refractivity contribution in [3.05, 3.63) is 101 Å². The molecule has 1 fully saturated rings. The van der Waals surface area contributed by atoms with E-state index >= 15 is 0 Å². The van der Waals surface area contributed by atoms with Gasteiger partial charge < -0.3 is 9.30 Å². The Balaban J connectivity index is 1.44. The lowest BCUT2D eigenvalue weighted by Gasteiger charge is -2.26. The van der Waals surface area contributed by atoms with E-state index in [2.05, 4.69) is 5.32 Å². The molecule has 1 aromatic heterocycles. The van der Waals surface area contributed by atoms with Crippen molar-refractivity contribution in [3.8, 4) is 5.75 Å². The number of nitrogens with one attached hydrogen (secondary N) is 1. The number of rotatable bonds is 7. The Morgan fingerprint density at radius 1 is 0.946 bits per heavy atom. The van der Waals surface area contributed by atoms with E-state index in [-0.39, 0.29) is 5.57 Å². The molecule has 2 heterocycles. The average molecular weight is 494 g/mol. The SMILES string of the molecule is CCc1ccc(N2C(=O)NC(=O)C(=Cc3cn(CCOc4cccc(C)c4)c4ccccc34)C2=O)cc1. The van der Waals surface area contributed by atoms with E-state index in [1.807, 2.05) is 85.3 Å². The van der Waals surface area contributed by atoms with Gasteiger partial charge in [-0.15, -0.1) is 0 Å². The summed E-state index contributed by atoms with van der Waals surface area (Å²) in [7, 11) is 0. The smallest absolute Gasteiger partial charge is 0.335 e. The standard InChI is InChI=1S/C30H27N3O4/c1-3-21-11-13-23(14-12-21)33-29(35)26(28(34)31-30(33)36)18-22-19-32(27-10-5-4-9-25(22)27)15-16-37-24-8-6-7-20(2)17-24/h4-14,17-19H,3,15-16H2,1-2H3,(H,31,34,36). The number of hydrogen-bond donors (Lipinski definition) is 1. The molecular weight excluding hydrogens is 466 g/mol. The maximum absolute atomic E-state index is 13.4. The van der Waals surface area contributed by atoms with E-state index in [4.69, 9.17) is 4.74 Å². The minimum absolute atomic E-state index is 0.0990. The highest BCUT2D eigenvalue weighted by atomic mass is 16.5. The molecule has 0 bridgehead atoms. The molecule has 3 aromatic carbocycles. The van der Waals surface area contributed by atoms with E-state index in [0.29, 0.717) is 24.4 Å². The fourth-order valence-corrected chi connectivity index (χ4v) is 4.47. The summed E-state index contributed by atoms with van der Waals surface area (Å²) in [5, 5.41) is 3.19. The molecule has 5 rings (SSSR count). The van der Waals surface area contributed by atoms with Gasteiger partial charge in [0, 0.05) is 22.7 Å². The van der Waals surface area contributed by atoms with Crippen LogP contribution in [-0.4, -0.2) is 29.0 Å². The third-order valence-corrected chi connectivity index (χ3v) is 6.41. The molecule has 1 aliphatic heterocycles. The first-order chi connectivity index (χ1) is 17.9. The Morgan fingerprint density at radius 3 is 2.49 bits per heavy atom. The number of fused-ring (bicyclic) bond motifs is 1. The highest BCUT2D eigenvalue weighted by molar-refractivity contribution is 6.39. The largest absolute Gasteiger partial charge is 0.492 e. The molecule has 0 atom stereocenters. The summed E-state index contributed by atoms with van der Waals surface area (Å²) in [4.78, 5) is 39.6. The highest BCUT2D eigenvalue weighted by Gasteiger charge is 2.37. The zero-order valence-electron chi connectivity index (χ0n) is 20.7. The van der Waals surface area contributed by atoms with Crippen molar-refractivity contribution in [2.24, 2.45) is 0 Å². The zero-order valence-corrected chi connectivity index (χ0v) is 20.7. The maximum atomic E-state index is 13.4. The number of carbonyl (C=O) groups excluding carboxylic acids is 3. The summed E-state index contributed by atoms with van der Waals surface area (Å²) in [6.07, 6.45) is 4.29. The van der Waals surface area contributed by atoms with Gasteiger partial charge >= 0.3 is 6.03 Å². The molecule has 1 aliphatic rings. The van der Waals surface area contributed by atoms with Crippen molar-refractivity contribution < 1.29 is 19.1 Å². The van der Waals surface area contributed by atoms with Gasteiger partial charge in [-0.25, -0.2) is 9.69 Å². The lowest BCUT2D eigenvalue weighted by Crippen LogP contribution is -2.54. The third-order valence-electron chi connectivity index (χ3n) is 6.41. The van der Waals surface area contributed by atoms with Crippen LogP contribution in [0.25, 0.3) is 17.0 Å². The Labute approximate surface area is 215 Å². The number of hydrogen-bond acceptors (Lipinski definition) is 4. The van der Waals surface area contributed by atoms with Gasteiger partial charge in [0.1, 0.15) is 17.9 Å². The van der Waals surface area contributed by atoms with Crippen LogP contribution in [0, 0.1) is 6.92 Å². The molecule has 1 N–H and O–H groups in total. The summed E-state index contributed by atoms with van der Waals surface area (Å²) in [6, 6.07) is 22.1. The van der Waals surface area contributed by atoms with Gasteiger partial charge in [-0.05, 0) is 60.9 Å². The summed E-state index contributed by atoms with van der Waals surface area (Å²) in [5.74, 6) is -0.561. The van der Waals surface area contributed by atoms with Gasteiger partial charge in [0.05, 0.1) is 12.2 Å². The first kappa shape index (κ1) is 24.1. The first-order valence-electron chi connectivity index (χ1n) is 12.2. The summed E-state index contributed by atoms with van der Waals surface area (Å²) >= 11 is 0. The first-order valence-corrected chi connectivity index (χ1v) is 12.2. The number of aromatic nitrogens is 1. The van der Waals surface area contributed by atoms with Gasteiger partial charge in [0.2, 0.25) is 0 Å². The van der Waals surface area contributed by atoms with Crippen molar-refractivity contribution in [3.63, 3.8) is 0 Å². The quantitative estimate of drug-likeness (QED) is 0.281. The van der Waals surface area contributed by atoms with E-state index in [9.17, 15) is 14.4 Å². The number of para-hydroxylation sites is 1. The number of anilines is 1. The summed E-state index contributed by atoms with van der Waals surface area (Å²) in [6.45, 7) is 5.07. The van der Waals surface area contributed by atoms with Crippen LogP contribution in [0.15, 0.2) is 84.6 Å². The van der Waals surface area contributed by atoms with Crippen molar-refractivity contribution in [1.29, 1.82) is 0 Å². The molecule has 7 heteroatoms. The Bertz CT molecular complexity index is 1530. The predicted octanol–water partition coefficient (Wildman–Crippen LogP) is 5.26. The number of ether oxygens (including phenoxy) is 1. The number of carbonyl (C=O) groups is 3. The molecular formula is C30H27N3O4. The van der Waals surface area contributed by atoms with Crippen LogP contribution in [0.3, 0.4) is 0 Å². The average Bonchev–Trinajstić information content (AvgIpc) is 3.24. The molecule has 0 spiro atoms. The van der Waals surface area contributed by atoms with Crippen LogP contribution < -0.4 is 15.0 Å². The Hall–Kier alpha value is -4.65. The van der Waals surface area contributed by atoms with E-state index in [1.54, 1.807) is 18.2 Å². The number of imide groups is 2. The predicted molar refractivity (Wildman–Crippen MR) is 143 cm³/mol. The van der Waals surface area contributed by atoms with Crippen LogP contribution >= 0.6 is 0 Å². The second-order valence-corrected chi connectivity index (χ2v) is 8.94. The number of urea groups is 1. The van der Waals surface area contributed by atoms with Crippen LogP contribution in [0.2, 0.25) is 0 Å². The van der Waals surface area contributed by atoms with E-state index in [1.165, 1.54) is 0 Å². The van der Waals surface area contributed by atoms with Crippen LogP contribution in [0.5, 0.6) is 5.75 Å². The molecule has 0 radical (unpaired) electrons. The van der Waals surface area contributed by atoms with E-state index in [0.717, 1.165) is 39.1 Å². The topological polar surface area (TPSA) is 80.6 Å². The molecule has 0 unspecified atom stereocenters. The van der Waals surface area contributed by atoms with Gasteiger partial charge in [0.25, 0.3) is 11.8 Å².